The van der Waals surface area contributed by atoms with E-state index in [0.717, 1.165) is 25.5 Å². The molecule has 0 spiro atoms. The number of hydrogen-bond acceptors (Lipinski definition) is 2. The summed E-state index contributed by atoms with van der Waals surface area (Å²) in [6.07, 6.45) is 5.08. The average molecular weight is 184 g/mol. The summed E-state index contributed by atoms with van der Waals surface area (Å²) < 4.78 is 0. The molecular weight excluding hydrogens is 164 g/mol. The highest BCUT2D eigenvalue weighted by molar-refractivity contribution is 5.82. The molecule has 76 valence electrons. The standard InChI is InChI=1S/C11H20O2/c1-4-5-6-7-10(13)8-11(2,3)9-12/h9H,4-8H2,1-3H3. The quantitative estimate of drug-likeness (QED) is 0.450. The summed E-state index contributed by atoms with van der Waals surface area (Å²) in [7, 11) is 0. The molecule has 0 saturated carbocycles. The van der Waals surface area contributed by atoms with E-state index in [-0.39, 0.29) is 5.78 Å². The van der Waals surface area contributed by atoms with E-state index in [2.05, 4.69) is 6.92 Å². The van der Waals surface area contributed by atoms with Crippen molar-refractivity contribution in [2.24, 2.45) is 5.41 Å². The lowest BCUT2D eigenvalue weighted by molar-refractivity contribution is -0.125. The van der Waals surface area contributed by atoms with Crippen LogP contribution in [-0.2, 0) is 9.59 Å². The van der Waals surface area contributed by atoms with E-state index in [9.17, 15) is 9.59 Å². The maximum absolute atomic E-state index is 11.3. The Labute approximate surface area is 80.7 Å². The summed E-state index contributed by atoms with van der Waals surface area (Å²) in [5.41, 5.74) is -0.469. The molecule has 2 heteroatoms. The normalized spacial score (nSPS) is 11.3. The summed E-state index contributed by atoms with van der Waals surface area (Å²) >= 11 is 0. The summed E-state index contributed by atoms with van der Waals surface area (Å²) in [5, 5.41) is 0. The zero-order chi connectivity index (χ0) is 10.3. The van der Waals surface area contributed by atoms with Gasteiger partial charge in [-0.1, -0.05) is 33.6 Å². The Morgan fingerprint density at radius 2 is 1.92 bits per heavy atom. The molecule has 0 aliphatic rings. The molecule has 0 saturated heterocycles. The number of carbonyl (C=O) groups is 2. The number of rotatable bonds is 7. The van der Waals surface area contributed by atoms with Crippen LogP contribution in [0.1, 0.15) is 52.9 Å². The topological polar surface area (TPSA) is 34.1 Å². The molecule has 0 amide bonds. The van der Waals surface area contributed by atoms with Gasteiger partial charge in [0.2, 0.25) is 0 Å². The Morgan fingerprint density at radius 1 is 1.31 bits per heavy atom. The highest BCUT2D eigenvalue weighted by Crippen LogP contribution is 2.18. The van der Waals surface area contributed by atoms with E-state index in [0.29, 0.717) is 12.8 Å². The van der Waals surface area contributed by atoms with Crippen molar-refractivity contribution in [1.29, 1.82) is 0 Å². The molecule has 0 N–H and O–H groups in total. The lowest BCUT2D eigenvalue weighted by Gasteiger charge is -2.14. The Hall–Kier alpha value is -0.660. The third kappa shape index (κ3) is 6.50. The van der Waals surface area contributed by atoms with E-state index >= 15 is 0 Å². The lowest BCUT2D eigenvalue weighted by atomic mass is 9.88. The maximum Gasteiger partial charge on any atom is 0.133 e. The molecule has 0 aromatic heterocycles. The third-order valence-electron chi connectivity index (χ3n) is 2.03. The van der Waals surface area contributed by atoms with E-state index in [1.54, 1.807) is 13.8 Å². The summed E-state index contributed by atoms with van der Waals surface area (Å²) in [6, 6.07) is 0. The number of unbranched alkanes of at least 4 members (excludes halogenated alkanes) is 2. The van der Waals surface area contributed by atoms with Gasteiger partial charge in [0.15, 0.2) is 0 Å². The van der Waals surface area contributed by atoms with Crippen LogP contribution in [0.5, 0.6) is 0 Å². The third-order valence-corrected chi connectivity index (χ3v) is 2.03. The van der Waals surface area contributed by atoms with E-state index in [4.69, 9.17) is 0 Å². The maximum atomic E-state index is 11.3. The Kier molecular flexibility index (Phi) is 5.60. The predicted octanol–water partition coefficient (Wildman–Crippen LogP) is 2.75. The van der Waals surface area contributed by atoms with Crippen molar-refractivity contribution in [1.82, 2.24) is 0 Å². The Morgan fingerprint density at radius 3 is 2.38 bits per heavy atom. The van der Waals surface area contributed by atoms with Gasteiger partial charge in [-0.25, -0.2) is 0 Å². The molecule has 2 nitrogen and oxygen atoms in total. The predicted molar refractivity (Wildman–Crippen MR) is 53.6 cm³/mol. The number of hydrogen-bond donors (Lipinski definition) is 0. The van der Waals surface area contributed by atoms with Gasteiger partial charge in [-0.05, 0) is 6.42 Å². The highest BCUT2D eigenvalue weighted by Gasteiger charge is 2.20. The van der Waals surface area contributed by atoms with Gasteiger partial charge in [0.1, 0.15) is 12.1 Å². The number of carbonyl (C=O) groups excluding carboxylic acids is 2. The van der Waals surface area contributed by atoms with E-state index in [1.165, 1.54) is 0 Å². The fraction of sp³-hybridized carbons (Fsp3) is 0.818. The molecule has 0 aromatic carbocycles. The van der Waals surface area contributed by atoms with E-state index < -0.39 is 5.41 Å². The van der Waals surface area contributed by atoms with Crippen molar-refractivity contribution in [3.8, 4) is 0 Å². The van der Waals surface area contributed by atoms with Crippen LogP contribution >= 0.6 is 0 Å². The second-order valence-corrected chi connectivity index (χ2v) is 4.28. The van der Waals surface area contributed by atoms with Crippen LogP contribution in [0.25, 0.3) is 0 Å². The van der Waals surface area contributed by atoms with Crippen LogP contribution in [0, 0.1) is 5.41 Å². The van der Waals surface area contributed by atoms with Crippen molar-refractivity contribution >= 4 is 12.1 Å². The van der Waals surface area contributed by atoms with Crippen LogP contribution in [-0.4, -0.2) is 12.1 Å². The largest absolute Gasteiger partial charge is 0.303 e. The molecule has 0 aliphatic carbocycles. The van der Waals surface area contributed by atoms with Crippen molar-refractivity contribution < 1.29 is 9.59 Å². The molecule has 0 aliphatic heterocycles. The molecule has 0 fully saturated rings. The molecule has 0 heterocycles. The van der Waals surface area contributed by atoms with E-state index in [1.807, 2.05) is 0 Å². The van der Waals surface area contributed by atoms with Crippen molar-refractivity contribution in [2.45, 2.75) is 52.9 Å². The lowest BCUT2D eigenvalue weighted by Crippen LogP contribution is -2.18. The molecule has 0 radical (unpaired) electrons. The average Bonchev–Trinajstić information content (AvgIpc) is 2.04. The van der Waals surface area contributed by atoms with Gasteiger partial charge in [-0.15, -0.1) is 0 Å². The fourth-order valence-electron chi connectivity index (χ4n) is 1.21. The molecule has 0 bridgehead atoms. The molecule has 0 rings (SSSR count). The Bertz CT molecular complexity index is 171. The second kappa shape index (κ2) is 5.90. The zero-order valence-electron chi connectivity index (χ0n) is 8.93. The van der Waals surface area contributed by atoms with Gasteiger partial charge in [-0.2, -0.15) is 0 Å². The van der Waals surface area contributed by atoms with Gasteiger partial charge in [0, 0.05) is 18.3 Å². The van der Waals surface area contributed by atoms with Gasteiger partial charge >= 0.3 is 0 Å². The smallest absolute Gasteiger partial charge is 0.133 e. The molecule has 0 atom stereocenters. The van der Waals surface area contributed by atoms with Crippen LogP contribution in [0.4, 0.5) is 0 Å². The molecule has 13 heavy (non-hydrogen) atoms. The van der Waals surface area contributed by atoms with Crippen LogP contribution in [0.3, 0.4) is 0 Å². The van der Waals surface area contributed by atoms with Gasteiger partial charge < -0.3 is 4.79 Å². The minimum absolute atomic E-state index is 0.213. The molecule has 0 aromatic rings. The molecule has 0 unspecified atom stereocenters. The number of Topliss-reactive ketones (excluding diaryl/α,β-unsaturated/α-hetero) is 1. The highest BCUT2D eigenvalue weighted by atomic mass is 16.1. The first kappa shape index (κ1) is 12.3. The first-order valence-electron chi connectivity index (χ1n) is 5.00. The number of aldehydes is 1. The SMILES string of the molecule is CCCCCC(=O)CC(C)(C)C=O. The first-order chi connectivity index (χ1) is 6.02. The minimum atomic E-state index is -0.469. The van der Waals surface area contributed by atoms with Gasteiger partial charge in [0.05, 0.1) is 0 Å². The zero-order valence-corrected chi connectivity index (χ0v) is 8.93. The van der Waals surface area contributed by atoms with Crippen LogP contribution < -0.4 is 0 Å². The summed E-state index contributed by atoms with van der Waals surface area (Å²) in [4.78, 5) is 21.9. The fourth-order valence-corrected chi connectivity index (χ4v) is 1.21. The summed E-state index contributed by atoms with van der Waals surface area (Å²) in [6.45, 7) is 5.72. The Balaban J connectivity index is 3.68. The first-order valence-corrected chi connectivity index (χ1v) is 5.00. The second-order valence-electron chi connectivity index (χ2n) is 4.28. The van der Waals surface area contributed by atoms with Gasteiger partial charge in [-0.3, -0.25) is 4.79 Å². The summed E-state index contributed by atoms with van der Waals surface area (Å²) in [5.74, 6) is 0.213. The van der Waals surface area contributed by atoms with Gasteiger partial charge in [0.25, 0.3) is 0 Å². The van der Waals surface area contributed by atoms with Crippen molar-refractivity contribution in [3.63, 3.8) is 0 Å². The van der Waals surface area contributed by atoms with Crippen molar-refractivity contribution in [2.75, 3.05) is 0 Å². The van der Waals surface area contributed by atoms with Crippen LogP contribution in [0.15, 0.2) is 0 Å². The minimum Gasteiger partial charge on any atom is -0.303 e. The molecular formula is C11H20O2. The van der Waals surface area contributed by atoms with Crippen LogP contribution in [0.2, 0.25) is 0 Å². The van der Waals surface area contributed by atoms with Crippen molar-refractivity contribution in [3.05, 3.63) is 0 Å². The monoisotopic (exact) mass is 184 g/mol. The number of ketones is 1.